The molecule has 0 atom stereocenters. The lowest BCUT2D eigenvalue weighted by Crippen LogP contribution is -1.93. The Morgan fingerprint density at radius 3 is 2.55 bits per heavy atom. The molecule has 0 unspecified atom stereocenters. The second kappa shape index (κ2) is 3.43. The minimum atomic E-state index is 0.514. The van der Waals surface area contributed by atoms with Crippen LogP contribution in [0.3, 0.4) is 0 Å². The Hall–Kier alpha value is -1.75. The van der Waals surface area contributed by atoms with Gasteiger partial charge in [0, 0.05) is 5.70 Å². The van der Waals surface area contributed by atoms with Gasteiger partial charge in [0.15, 0.2) is 6.20 Å². The third-order valence-electron chi connectivity index (χ3n) is 1.31. The summed E-state index contributed by atoms with van der Waals surface area (Å²) in [4.78, 5) is 3.07. The highest BCUT2D eigenvalue weighted by atomic mass is 14.7. The van der Waals surface area contributed by atoms with Gasteiger partial charge in [-0.2, -0.15) is 0 Å². The maximum Gasteiger partial charge on any atom is 0.176 e. The van der Waals surface area contributed by atoms with Gasteiger partial charge in [-0.05, 0) is 5.56 Å². The van der Waals surface area contributed by atoms with Crippen molar-refractivity contribution in [1.82, 2.24) is 0 Å². The molecule has 0 aromatic heterocycles. The topological polar surface area (TPSA) is 30.4 Å². The smallest absolute Gasteiger partial charge is 0.176 e. The van der Waals surface area contributed by atoms with E-state index < -0.39 is 0 Å². The molecule has 1 rings (SSSR count). The lowest BCUT2D eigenvalue weighted by atomic mass is 10.2. The fraction of sp³-hybridized carbons (Fsp3) is 0. The van der Waals surface area contributed by atoms with E-state index in [9.17, 15) is 0 Å². The van der Waals surface area contributed by atoms with E-state index in [1.54, 1.807) is 0 Å². The van der Waals surface area contributed by atoms with Gasteiger partial charge in [-0.15, -0.1) is 0 Å². The van der Waals surface area contributed by atoms with Crippen LogP contribution in [0.2, 0.25) is 0 Å². The van der Waals surface area contributed by atoms with E-state index in [0.29, 0.717) is 5.70 Å². The molecule has 0 aliphatic heterocycles. The summed E-state index contributed by atoms with van der Waals surface area (Å²) >= 11 is 0. The summed E-state index contributed by atoms with van der Waals surface area (Å²) < 4.78 is 0. The normalized spacial score (nSPS) is 10.6. The monoisotopic (exact) mass is 144 g/mol. The number of hydrogen-bond donors (Lipinski definition) is 1. The van der Waals surface area contributed by atoms with Gasteiger partial charge >= 0.3 is 0 Å². The molecule has 0 aliphatic rings. The molecule has 0 heterocycles. The number of nitrogens with zero attached hydrogens (tertiary/aromatic N) is 1. The van der Waals surface area contributed by atoms with Crippen molar-refractivity contribution in [3.63, 3.8) is 0 Å². The minimum absolute atomic E-state index is 0.514. The molecule has 0 bridgehead atoms. The average molecular weight is 144 g/mol. The van der Waals surface area contributed by atoms with Gasteiger partial charge in [0.25, 0.3) is 0 Å². The third kappa shape index (κ3) is 1.84. The summed E-state index contributed by atoms with van der Waals surface area (Å²) in [6.45, 7) is 6.55. The highest BCUT2D eigenvalue weighted by Gasteiger charge is 1.90. The van der Waals surface area contributed by atoms with Crippen LogP contribution in [-0.2, 0) is 0 Å². The lowest BCUT2D eigenvalue weighted by molar-refractivity contribution is 1.52. The molecular formula is C9H8N2. The molecular weight excluding hydrogens is 136 g/mol. The molecule has 0 radical (unpaired) electrons. The SMILES string of the molecule is [C-]#[N+]/C=C(\N)c1ccccc1. The van der Waals surface area contributed by atoms with E-state index in [1.807, 2.05) is 30.3 Å². The Labute approximate surface area is 65.8 Å². The molecule has 11 heavy (non-hydrogen) atoms. The first-order valence-corrected chi connectivity index (χ1v) is 3.22. The van der Waals surface area contributed by atoms with E-state index >= 15 is 0 Å². The summed E-state index contributed by atoms with van der Waals surface area (Å²) in [5, 5.41) is 0. The predicted molar refractivity (Wildman–Crippen MR) is 45.2 cm³/mol. The van der Waals surface area contributed by atoms with Crippen LogP contribution in [0.25, 0.3) is 10.5 Å². The van der Waals surface area contributed by atoms with Crippen LogP contribution >= 0.6 is 0 Å². The van der Waals surface area contributed by atoms with Crippen LogP contribution in [0.15, 0.2) is 36.5 Å². The molecule has 2 N–H and O–H groups in total. The van der Waals surface area contributed by atoms with Crippen molar-refractivity contribution in [1.29, 1.82) is 0 Å². The van der Waals surface area contributed by atoms with Crippen LogP contribution in [0, 0.1) is 6.57 Å². The van der Waals surface area contributed by atoms with Crippen molar-refractivity contribution in [3.05, 3.63) is 53.5 Å². The van der Waals surface area contributed by atoms with Gasteiger partial charge in [-0.3, -0.25) is 0 Å². The highest BCUT2D eigenvalue weighted by molar-refractivity contribution is 5.63. The first kappa shape index (κ1) is 7.36. The summed E-state index contributed by atoms with van der Waals surface area (Å²) in [6, 6.07) is 9.43. The quantitative estimate of drug-likeness (QED) is 0.599. The maximum atomic E-state index is 6.55. The summed E-state index contributed by atoms with van der Waals surface area (Å²) in [7, 11) is 0. The van der Waals surface area contributed by atoms with Crippen molar-refractivity contribution >= 4 is 5.70 Å². The van der Waals surface area contributed by atoms with Crippen LogP contribution in [0.4, 0.5) is 0 Å². The number of rotatable bonds is 1. The Bertz CT molecular complexity index is 293. The molecule has 0 aliphatic carbocycles. The molecule has 0 saturated heterocycles. The third-order valence-corrected chi connectivity index (χ3v) is 1.31. The van der Waals surface area contributed by atoms with Gasteiger partial charge in [0.2, 0.25) is 0 Å². The number of hydrogen-bond acceptors (Lipinski definition) is 1. The minimum Gasteiger partial charge on any atom is -0.407 e. The fourth-order valence-corrected chi connectivity index (χ4v) is 0.775. The molecule has 1 aromatic carbocycles. The van der Waals surface area contributed by atoms with Crippen molar-refractivity contribution in [2.24, 2.45) is 5.73 Å². The first-order valence-electron chi connectivity index (χ1n) is 3.22. The van der Waals surface area contributed by atoms with E-state index in [0.717, 1.165) is 5.56 Å². The van der Waals surface area contributed by atoms with E-state index in [1.165, 1.54) is 6.20 Å². The zero-order chi connectivity index (χ0) is 8.10. The lowest BCUT2D eigenvalue weighted by Gasteiger charge is -1.97. The summed E-state index contributed by atoms with van der Waals surface area (Å²) in [6.07, 6.45) is 1.31. The highest BCUT2D eigenvalue weighted by Crippen LogP contribution is 2.06. The second-order valence-electron chi connectivity index (χ2n) is 2.08. The number of benzene rings is 1. The van der Waals surface area contributed by atoms with E-state index in [-0.39, 0.29) is 0 Å². The zero-order valence-electron chi connectivity index (χ0n) is 5.99. The fourth-order valence-electron chi connectivity index (χ4n) is 0.775. The van der Waals surface area contributed by atoms with Gasteiger partial charge in [0.05, 0.1) is 6.57 Å². The molecule has 2 nitrogen and oxygen atoms in total. The molecule has 1 aromatic rings. The molecule has 0 fully saturated rings. The van der Waals surface area contributed by atoms with Crippen LogP contribution < -0.4 is 5.73 Å². The average Bonchev–Trinajstić information content (AvgIpc) is 2.07. The Balaban J connectivity index is 2.96. The maximum absolute atomic E-state index is 6.55. The first-order chi connectivity index (χ1) is 5.34. The molecule has 0 spiro atoms. The van der Waals surface area contributed by atoms with Gasteiger partial charge in [-0.25, -0.2) is 4.85 Å². The second-order valence-corrected chi connectivity index (χ2v) is 2.08. The van der Waals surface area contributed by atoms with Crippen LogP contribution in [-0.4, -0.2) is 0 Å². The number of nitrogens with two attached hydrogens (primary N) is 1. The molecule has 0 saturated carbocycles. The molecule has 54 valence electrons. The van der Waals surface area contributed by atoms with E-state index in [2.05, 4.69) is 4.85 Å². The zero-order valence-corrected chi connectivity index (χ0v) is 5.99. The summed E-state index contributed by atoms with van der Waals surface area (Å²) in [5.74, 6) is 0. The van der Waals surface area contributed by atoms with Crippen molar-refractivity contribution in [2.75, 3.05) is 0 Å². The standard InChI is InChI=1S/C9H8N2/c1-11-7-9(10)8-5-3-2-4-6-8/h2-7H,10H2/b9-7-. The van der Waals surface area contributed by atoms with Crippen molar-refractivity contribution in [3.8, 4) is 0 Å². The largest absolute Gasteiger partial charge is 0.407 e. The van der Waals surface area contributed by atoms with Gasteiger partial charge in [0.1, 0.15) is 0 Å². The molecule has 0 amide bonds. The van der Waals surface area contributed by atoms with Gasteiger partial charge in [-0.1, -0.05) is 30.3 Å². The summed E-state index contributed by atoms with van der Waals surface area (Å²) in [5.41, 5.74) is 6.96. The van der Waals surface area contributed by atoms with Crippen LogP contribution in [0.1, 0.15) is 5.56 Å². The van der Waals surface area contributed by atoms with E-state index in [4.69, 9.17) is 12.3 Å². The van der Waals surface area contributed by atoms with Crippen LogP contribution in [0.5, 0.6) is 0 Å². The Morgan fingerprint density at radius 2 is 2.00 bits per heavy atom. The molecule has 2 heteroatoms. The van der Waals surface area contributed by atoms with Crippen molar-refractivity contribution in [2.45, 2.75) is 0 Å². The predicted octanol–water partition coefficient (Wildman–Crippen LogP) is 1.86. The Morgan fingerprint density at radius 1 is 1.36 bits per heavy atom. The Kier molecular flexibility index (Phi) is 2.29. The van der Waals surface area contributed by atoms with Crippen molar-refractivity contribution < 1.29 is 0 Å². The van der Waals surface area contributed by atoms with Gasteiger partial charge < -0.3 is 5.73 Å².